The van der Waals surface area contributed by atoms with Crippen LogP contribution in [0.2, 0.25) is 0 Å². The molecular formula is C15H21N3O2. The van der Waals surface area contributed by atoms with E-state index in [9.17, 15) is 5.11 Å². The molecule has 0 radical (unpaired) electrons. The third-order valence-corrected chi connectivity index (χ3v) is 4.65. The molecule has 2 aromatic rings. The van der Waals surface area contributed by atoms with E-state index < -0.39 is 0 Å². The minimum absolute atomic E-state index is 0.0215. The number of imidazole rings is 1. The van der Waals surface area contributed by atoms with E-state index in [0.29, 0.717) is 11.5 Å². The number of aromatic nitrogens is 2. The summed E-state index contributed by atoms with van der Waals surface area (Å²) in [5, 5.41) is 9.60. The molecule has 108 valence electrons. The lowest BCUT2D eigenvalue weighted by Crippen LogP contribution is -2.51. The van der Waals surface area contributed by atoms with Crippen LogP contribution in [0.3, 0.4) is 0 Å². The van der Waals surface area contributed by atoms with E-state index in [1.807, 2.05) is 18.2 Å². The van der Waals surface area contributed by atoms with E-state index in [1.165, 1.54) is 0 Å². The van der Waals surface area contributed by atoms with Crippen molar-refractivity contribution in [3.8, 4) is 0 Å². The summed E-state index contributed by atoms with van der Waals surface area (Å²) in [4.78, 5) is 4.50. The first-order chi connectivity index (χ1) is 9.48. The zero-order valence-corrected chi connectivity index (χ0v) is 12.1. The normalized spacial score (nSPS) is 24.8. The molecule has 1 aromatic carbocycles. The molecule has 0 spiro atoms. The number of aliphatic hydroxyl groups excluding tert-OH is 1. The molecule has 1 heterocycles. The van der Waals surface area contributed by atoms with Gasteiger partial charge in [0, 0.05) is 24.3 Å². The molecule has 2 atom stereocenters. The van der Waals surface area contributed by atoms with Gasteiger partial charge in [-0.2, -0.15) is 0 Å². The average Bonchev–Trinajstić information content (AvgIpc) is 2.75. The molecule has 1 aromatic heterocycles. The minimum atomic E-state index is -0.0706. The number of rotatable bonds is 3. The second-order valence-corrected chi connectivity index (χ2v) is 6.10. The van der Waals surface area contributed by atoms with Crippen LogP contribution in [0.25, 0.3) is 11.0 Å². The van der Waals surface area contributed by atoms with Crippen LogP contribution in [0.1, 0.15) is 32.1 Å². The number of fused-ring (bicyclic) bond motifs is 1. The first kappa shape index (κ1) is 13.4. The second-order valence-electron chi connectivity index (χ2n) is 6.10. The Morgan fingerprint density at radius 2 is 2.25 bits per heavy atom. The van der Waals surface area contributed by atoms with Crippen LogP contribution in [0.4, 0.5) is 5.69 Å². The maximum Gasteiger partial charge on any atom is 0.135 e. The number of hydrogen-bond donors (Lipinski definition) is 2. The summed E-state index contributed by atoms with van der Waals surface area (Å²) in [6, 6.07) is 5.99. The van der Waals surface area contributed by atoms with Gasteiger partial charge in [0.2, 0.25) is 0 Å². The van der Waals surface area contributed by atoms with Crippen molar-refractivity contribution >= 4 is 16.7 Å². The van der Waals surface area contributed by atoms with Crippen molar-refractivity contribution in [2.75, 3.05) is 12.8 Å². The molecule has 1 aliphatic rings. The average molecular weight is 275 g/mol. The van der Waals surface area contributed by atoms with Gasteiger partial charge in [-0.3, -0.25) is 0 Å². The third kappa shape index (κ3) is 1.73. The van der Waals surface area contributed by atoms with Gasteiger partial charge in [-0.15, -0.1) is 0 Å². The third-order valence-electron chi connectivity index (χ3n) is 4.65. The fourth-order valence-corrected chi connectivity index (χ4v) is 3.33. The molecule has 3 N–H and O–H groups in total. The molecule has 3 rings (SSSR count). The Bertz CT molecular complexity index is 648. The molecule has 1 aliphatic carbocycles. The molecule has 2 unspecified atom stereocenters. The number of anilines is 1. The van der Waals surface area contributed by atoms with Crippen LogP contribution in [0, 0.1) is 5.41 Å². The molecule has 0 aliphatic heterocycles. The highest BCUT2D eigenvalue weighted by Crippen LogP contribution is 2.52. The Morgan fingerprint density at radius 1 is 1.50 bits per heavy atom. The Morgan fingerprint density at radius 3 is 2.85 bits per heavy atom. The first-order valence-electron chi connectivity index (χ1n) is 6.89. The van der Waals surface area contributed by atoms with Gasteiger partial charge in [0.15, 0.2) is 0 Å². The number of nitrogens with two attached hydrogens (primary N) is 1. The summed E-state index contributed by atoms with van der Waals surface area (Å²) in [5.41, 5.74) is 8.39. The van der Waals surface area contributed by atoms with E-state index >= 15 is 0 Å². The van der Waals surface area contributed by atoms with Crippen molar-refractivity contribution in [3.05, 3.63) is 24.0 Å². The summed E-state index contributed by atoms with van der Waals surface area (Å²) in [6.45, 7) is 4.32. The SMILES string of the molecule is COC1CC(n2c(CO)nc3cc(N)ccc32)C1(C)C. The molecule has 0 saturated heterocycles. The van der Waals surface area contributed by atoms with Gasteiger partial charge in [0.1, 0.15) is 12.4 Å². The van der Waals surface area contributed by atoms with Crippen LogP contribution in [0.5, 0.6) is 0 Å². The van der Waals surface area contributed by atoms with Crippen molar-refractivity contribution in [2.24, 2.45) is 5.41 Å². The molecule has 5 heteroatoms. The molecule has 0 amide bonds. The Kier molecular flexibility index (Phi) is 2.99. The van der Waals surface area contributed by atoms with E-state index in [-0.39, 0.29) is 24.2 Å². The maximum absolute atomic E-state index is 9.60. The lowest BCUT2D eigenvalue weighted by molar-refractivity contribution is -0.112. The van der Waals surface area contributed by atoms with Gasteiger partial charge in [-0.1, -0.05) is 13.8 Å². The van der Waals surface area contributed by atoms with Crippen LogP contribution in [0.15, 0.2) is 18.2 Å². The monoisotopic (exact) mass is 275 g/mol. The van der Waals surface area contributed by atoms with Crippen molar-refractivity contribution in [2.45, 2.75) is 39.0 Å². The predicted molar refractivity (Wildman–Crippen MR) is 78.3 cm³/mol. The van der Waals surface area contributed by atoms with Gasteiger partial charge in [0.05, 0.1) is 17.1 Å². The number of ether oxygens (including phenoxy) is 1. The van der Waals surface area contributed by atoms with Crippen LogP contribution in [-0.4, -0.2) is 27.9 Å². The van der Waals surface area contributed by atoms with Gasteiger partial charge in [0.25, 0.3) is 0 Å². The van der Waals surface area contributed by atoms with Crippen molar-refractivity contribution in [3.63, 3.8) is 0 Å². The Balaban J connectivity index is 2.12. The maximum atomic E-state index is 9.60. The smallest absolute Gasteiger partial charge is 0.135 e. The van der Waals surface area contributed by atoms with Gasteiger partial charge in [-0.05, 0) is 24.6 Å². The predicted octanol–water partition coefficient (Wildman–Crippen LogP) is 2.10. The molecule has 0 bridgehead atoms. The highest BCUT2D eigenvalue weighted by Gasteiger charge is 2.50. The van der Waals surface area contributed by atoms with Gasteiger partial charge < -0.3 is 20.1 Å². The van der Waals surface area contributed by atoms with Crippen molar-refractivity contribution in [1.29, 1.82) is 0 Å². The lowest BCUT2D eigenvalue weighted by atomic mass is 9.64. The standard InChI is InChI=1S/C15H21N3O2/c1-15(2)12(7-13(15)20-3)18-11-5-4-9(16)6-10(11)17-14(18)8-19/h4-6,12-13,19H,7-8,16H2,1-3H3. The molecule has 1 saturated carbocycles. The molecular weight excluding hydrogens is 254 g/mol. The van der Waals surface area contributed by atoms with Crippen LogP contribution < -0.4 is 5.73 Å². The largest absolute Gasteiger partial charge is 0.399 e. The number of nitrogens with zero attached hydrogens (tertiary/aromatic N) is 2. The topological polar surface area (TPSA) is 73.3 Å². The summed E-state index contributed by atoms with van der Waals surface area (Å²) in [7, 11) is 1.75. The number of hydrogen-bond acceptors (Lipinski definition) is 4. The summed E-state index contributed by atoms with van der Waals surface area (Å²) < 4.78 is 7.66. The number of aliphatic hydroxyl groups is 1. The molecule has 20 heavy (non-hydrogen) atoms. The quantitative estimate of drug-likeness (QED) is 0.841. The van der Waals surface area contributed by atoms with Crippen molar-refractivity contribution in [1.82, 2.24) is 9.55 Å². The van der Waals surface area contributed by atoms with Crippen LogP contribution in [-0.2, 0) is 11.3 Å². The molecule has 5 nitrogen and oxygen atoms in total. The molecule has 1 fully saturated rings. The second kappa shape index (κ2) is 4.46. The fraction of sp³-hybridized carbons (Fsp3) is 0.533. The zero-order valence-electron chi connectivity index (χ0n) is 12.1. The highest BCUT2D eigenvalue weighted by atomic mass is 16.5. The number of nitrogen functional groups attached to an aromatic ring is 1. The Labute approximate surface area is 118 Å². The van der Waals surface area contributed by atoms with Crippen LogP contribution >= 0.6 is 0 Å². The highest BCUT2D eigenvalue weighted by molar-refractivity contribution is 5.80. The van der Waals surface area contributed by atoms with Gasteiger partial charge >= 0.3 is 0 Å². The van der Waals surface area contributed by atoms with Crippen molar-refractivity contribution < 1.29 is 9.84 Å². The summed E-state index contributed by atoms with van der Waals surface area (Å²) in [6.07, 6.45) is 1.18. The summed E-state index contributed by atoms with van der Waals surface area (Å²) >= 11 is 0. The fourth-order valence-electron chi connectivity index (χ4n) is 3.33. The zero-order chi connectivity index (χ0) is 14.5. The number of methoxy groups -OCH3 is 1. The first-order valence-corrected chi connectivity index (χ1v) is 6.89. The van der Waals surface area contributed by atoms with E-state index in [0.717, 1.165) is 17.5 Å². The van der Waals surface area contributed by atoms with E-state index in [2.05, 4.69) is 23.4 Å². The lowest BCUT2D eigenvalue weighted by Gasteiger charge is -2.52. The van der Waals surface area contributed by atoms with Gasteiger partial charge in [-0.25, -0.2) is 4.98 Å². The van der Waals surface area contributed by atoms with E-state index in [1.54, 1.807) is 7.11 Å². The number of benzene rings is 1. The minimum Gasteiger partial charge on any atom is -0.399 e. The summed E-state index contributed by atoms with van der Waals surface area (Å²) in [5.74, 6) is 0.693. The van der Waals surface area contributed by atoms with E-state index in [4.69, 9.17) is 10.5 Å². The Hall–Kier alpha value is -1.59.